The molecule has 0 aromatic heterocycles. The number of methoxy groups -OCH3 is 1. The van der Waals surface area contributed by atoms with E-state index in [1.54, 1.807) is 7.11 Å². The minimum atomic E-state index is -0.563. The van der Waals surface area contributed by atoms with Crippen LogP contribution in [-0.2, 0) is 5.60 Å². The topological polar surface area (TPSA) is 29.5 Å². The molecule has 0 saturated heterocycles. The molecular formula is C11H14O2. The lowest BCUT2D eigenvalue weighted by Gasteiger charge is -2.09. The fourth-order valence-corrected chi connectivity index (χ4v) is 1.69. The average Bonchev–Trinajstić information content (AvgIpc) is 2.76. The first kappa shape index (κ1) is 8.57. The van der Waals surface area contributed by atoms with Gasteiger partial charge in [0, 0.05) is 0 Å². The first-order chi connectivity index (χ1) is 6.16. The second-order valence-electron chi connectivity index (χ2n) is 3.76. The fourth-order valence-electron chi connectivity index (χ4n) is 1.69. The SMILES string of the molecule is COc1ccc(C2(O)CC2C)cc1. The minimum Gasteiger partial charge on any atom is -0.497 e. The Morgan fingerprint density at radius 2 is 1.92 bits per heavy atom. The van der Waals surface area contributed by atoms with Crippen molar-refractivity contribution in [3.63, 3.8) is 0 Å². The maximum absolute atomic E-state index is 9.99. The van der Waals surface area contributed by atoms with Crippen molar-refractivity contribution in [3.8, 4) is 5.75 Å². The third kappa shape index (κ3) is 1.31. The number of hydrogen-bond acceptors (Lipinski definition) is 2. The summed E-state index contributed by atoms with van der Waals surface area (Å²) >= 11 is 0. The third-order valence-electron chi connectivity index (χ3n) is 2.86. The predicted molar refractivity (Wildman–Crippen MR) is 50.7 cm³/mol. The molecule has 0 aliphatic heterocycles. The van der Waals surface area contributed by atoms with Crippen molar-refractivity contribution in [3.05, 3.63) is 29.8 Å². The first-order valence-corrected chi connectivity index (χ1v) is 4.54. The van der Waals surface area contributed by atoms with Crippen LogP contribution in [0.15, 0.2) is 24.3 Å². The molecule has 2 unspecified atom stereocenters. The van der Waals surface area contributed by atoms with Gasteiger partial charge in [-0.3, -0.25) is 0 Å². The molecule has 0 radical (unpaired) electrons. The third-order valence-corrected chi connectivity index (χ3v) is 2.86. The largest absolute Gasteiger partial charge is 0.497 e. The van der Waals surface area contributed by atoms with Gasteiger partial charge in [-0.1, -0.05) is 19.1 Å². The van der Waals surface area contributed by atoms with Crippen molar-refractivity contribution in [1.82, 2.24) is 0 Å². The minimum absolute atomic E-state index is 0.390. The molecule has 0 amide bonds. The van der Waals surface area contributed by atoms with Crippen LogP contribution in [0.3, 0.4) is 0 Å². The van der Waals surface area contributed by atoms with Gasteiger partial charge in [0.1, 0.15) is 5.75 Å². The lowest BCUT2D eigenvalue weighted by molar-refractivity contribution is 0.134. The summed E-state index contributed by atoms with van der Waals surface area (Å²) in [6, 6.07) is 7.64. The molecular weight excluding hydrogens is 164 g/mol. The number of aliphatic hydroxyl groups is 1. The van der Waals surface area contributed by atoms with E-state index in [1.807, 2.05) is 24.3 Å². The monoisotopic (exact) mass is 178 g/mol. The van der Waals surface area contributed by atoms with E-state index in [9.17, 15) is 5.11 Å². The highest BCUT2D eigenvalue weighted by Gasteiger charge is 2.50. The molecule has 2 rings (SSSR count). The normalized spacial score (nSPS) is 31.5. The summed E-state index contributed by atoms with van der Waals surface area (Å²) in [4.78, 5) is 0. The maximum atomic E-state index is 9.99. The second kappa shape index (κ2) is 2.74. The number of benzene rings is 1. The van der Waals surface area contributed by atoms with Gasteiger partial charge in [0.25, 0.3) is 0 Å². The van der Waals surface area contributed by atoms with Gasteiger partial charge >= 0.3 is 0 Å². The van der Waals surface area contributed by atoms with Crippen LogP contribution >= 0.6 is 0 Å². The summed E-state index contributed by atoms with van der Waals surface area (Å²) in [6.07, 6.45) is 0.874. The molecule has 1 N–H and O–H groups in total. The summed E-state index contributed by atoms with van der Waals surface area (Å²) in [5.41, 5.74) is 0.438. The molecule has 1 aromatic rings. The highest BCUT2D eigenvalue weighted by molar-refractivity contribution is 5.34. The molecule has 2 heteroatoms. The van der Waals surface area contributed by atoms with Crippen molar-refractivity contribution >= 4 is 0 Å². The summed E-state index contributed by atoms with van der Waals surface area (Å²) in [5.74, 6) is 1.22. The number of rotatable bonds is 2. The summed E-state index contributed by atoms with van der Waals surface area (Å²) in [7, 11) is 1.64. The van der Waals surface area contributed by atoms with Gasteiger partial charge in [-0.05, 0) is 30.0 Å². The standard InChI is InChI=1S/C11H14O2/c1-8-7-11(8,12)9-3-5-10(13-2)6-4-9/h3-6,8,12H,7H2,1-2H3. The lowest BCUT2D eigenvalue weighted by Crippen LogP contribution is -2.06. The highest BCUT2D eigenvalue weighted by atomic mass is 16.5. The summed E-state index contributed by atoms with van der Waals surface area (Å²) < 4.78 is 5.05. The maximum Gasteiger partial charge on any atom is 0.118 e. The van der Waals surface area contributed by atoms with Gasteiger partial charge in [-0.2, -0.15) is 0 Å². The van der Waals surface area contributed by atoms with Crippen LogP contribution in [0.25, 0.3) is 0 Å². The Hall–Kier alpha value is -1.02. The molecule has 13 heavy (non-hydrogen) atoms. The fraction of sp³-hybridized carbons (Fsp3) is 0.455. The Bertz CT molecular complexity index is 304. The van der Waals surface area contributed by atoms with Crippen LogP contribution in [0.1, 0.15) is 18.9 Å². The van der Waals surface area contributed by atoms with Gasteiger partial charge < -0.3 is 9.84 Å². The van der Waals surface area contributed by atoms with Crippen LogP contribution in [0.4, 0.5) is 0 Å². The van der Waals surface area contributed by atoms with E-state index in [2.05, 4.69) is 6.92 Å². The van der Waals surface area contributed by atoms with E-state index in [1.165, 1.54) is 0 Å². The van der Waals surface area contributed by atoms with Crippen molar-refractivity contribution in [2.75, 3.05) is 7.11 Å². The zero-order valence-electron chi connectivity index (χ0n) is 7.95. The van der Waals surface area contributed by atoms with Crippen LogP contribution in [0.2, 0.25) is 0 Å². The van der Waals surface area contributed by atoms with Crippen molar-refractivity contribution in [2.24, 2.45) is 5.92 Å². The average molecular weight is 178 g/mol. The Kier molecular flexibility index (Phi) is 1.81. The van der Waals surface area contributed by atoms with E-state index in [-0.39, 0.29) is 0 Å². The Labute approximate surface area is 78.2 Å². The van der Waals surface area contributed by atoms with Crippen molar-refractivity contribution < 1.29 is 9.84 Å². The molecule has 1 aromatic carbocycles. The van der Waals surface area contributed by atoms with Crippen LogP contribution in [0, 0.1) is 5.92 Å². The molecule has 1 aliphatic carbocycles. The Balaban J connectivity index is 2.24. The Morgan fingerprint density at radius 3 is 2.31 bits per heavy atom. The zero-order chi connectivity index (χ0) is 9.47. The van der Waals surface area contributed by atoms with E-state index in [0.717, 1.165) is 17.7 Å². The summed E-state index contributed by atoms with van der Waals surface area (Å²) in [5, 5.41) is 9.99. The molecule has 2 nitrogen and oxygen atoms in total. The highest BCUT2D eigenvalue weighted by Crippen LogP contribution is 2.51. The zero-order valence-corrected chi connectivity index (χ0v) is 7.95. The smallest absolute Gasteiger partial charge is 0.118 e. The molecule has 1 saturated carbocycles. The quantitative estimate of drug-likeness (QED) is 0.749. The van der Waals surface area contributed by atoms with E-state index >= 15 is 0 Å². The molecule has 1 fully saturated rings. The number of hydrogen-bond donors (Lipinski definition) is 1. The van der Waals surface area contributed by atoms with E-state index in [0.29, 0.717) is 5.92 Å². The van der Waals surface area contributed by atoms with Crippen LogP contribution in [0.5, 0.6) is 5.75 Å². The molecule has 0 bridgehead atoms. The molecule has 1 aliphatic rings. The first-order valence-electron chi connectivity index (χ1n) is 4.54. The van der Waals surface area contributed by atoms with Gasteiger partial charge in [-0.25, -0.2) is 0 Å². The molecule has 2 atom stereocenters. The van der Waals surface area contributed by atoms with Crippen molar-refractivity contribution in [2.45, 2.75) is 18.9 Å². The number of ether oxygens (including phenoxy) is 1. The second-order valence-corrected chi connectivity index (χ2v) is 3.76. The van der Waals surface area contributed by atoms with Crippen molar-refractivity contribution in [1.29, 1.82) is 0 Å². The van der Waals surface area contributed by atoms with Gasteiger partial charge in [0.15, 0.2) is 0 Å². The molecule has 0 spiro atoms. The summed E-state index contributed by atoms with van der Waals surface area (Å²) in [6.45, 7) is 2.06. The van der Waals surface area contributed by atoms with Crippen LogP contribution < -0.4 is 4.74 Å². The Morgan fingerprint density at radius 1 is 1.38 bits per heavy atom. The lowest BCUT2D eigenvalue weighted by atomic mass is 10.1. The van der Waals surface area contributed by atoms with Gasteiger partial charge in [-0.15, -0.1) is 0 Å². The van der Waals surface area contributed by atoms with E-state index < -0.39 is 5.60 Å². The molecule has 70 valence electrons. The van der Waals surface area contributed by atoms with Gasteiger partial charge in [0.05, 0.1) is 12.7 Å². The predicted octanol–water partition coefficient (Wildman–Crippen LogP) is 1.92. The van der Waals surface area contributed by atoms with Crippen LogP contribution in [-0.4, -0.2) is 12.2 Å². The molecule has 0 heterocycles. The van der Waals surface area contributed by atoms with E-state index in [4.69, 9.17) is 4.74 Å². The van der Waals surface area contributed by atoms with Gasteiger partial charge in [0.2, 0.25) is 0 Å².